The molecule has 0 saturated carbocycles. The summed E-state index contributed by atoms with van der Waals surface area (Å²) in [5, 5.41) is 32.7. The third-order valence-corrected chi connectivity index (χ3v) is 5.56. The van der Waals surface area contributed by atoms with Gasteiger partial charge in [-0.1, -0.05) is 29.8 Å². The van der Waals surface area contributed by atoms with E-state index in [9.17, 15) is 20.1 Å². The van der Waals surface area contributed by atoms with Crippen LogP contribution in [0.5, 0.6) is 11.5 Å². The van der Waals surface area contributed by atoms with Crippen molar-refractivity contribution in [2.45, 2.75) is 26.0 Å². The molecule has 2 atom stereocenters. The number of ether oxygens (including phenoxy) is 1. The number of rotatable bonds is 9. The quantitative estimate of drug-likeness (QED) is 0.345. The van der Waals surface area contributed by atoms with Gasteiger partial charge in [0, 0.05) is 23.2 Å². The summed E-state index contributed by atoms with van der Waals surface area (Å²) in [6.45, 7) is 4.73. The smallest absolute Gasteiger partial charge is 0.335 e. The average Bonchev–Trinajstić information content (AvgIpc) is 2.77. The number of aromatic hydroxyl groups is 1. The lowest BCUT2D eigenvalue weighted by Gasteiger charge is -2.21. The number of benzene rings is 3. The van der Waals surface area contributed by atoms with Crippen LogP contribution >= 0.6 is 11.6 Å². The minimum Gasteiger partial charge on any atom is -0.508 e. The molecular weight excluding hydrogens is 430 g/mol. The molecule has 0 radical (unpaired) electrons. The predicted octanol–water partition coefficient (Wildman–Crippen LogP) is 4.81. The Morgan fingerprint density at radius 1 is 1.09 bits per heavy atom. The van der Waals surface area contributed by atoms with E-state index in [4.69, 9.17) is 16.3 Å². The second kappa shape index (κ2) is 10.5. The lowest BCUT2D eigenvalue weighted by molar-refractivity contribution is 0.0697. The Hall–Kier alpha value is -3.06. The molecule has 0 aliphatic carbocycles. The number of aliphatic hydroxyl groups excluding tert-OH is 1. The van der Waals surface area contributed by atoms with Crippen molar-refractivity contribution in [2.24, 2.45) is 0 Å². The summed E-state index contributed by atoms with van der Waals surface area (Å²) >= 11 is 6.27. The largest absolute Gasteiger partial charge is 0.508 e. The van der Waals surface area contributed by atoms with Crippen LogP contribution in [0.25, 0.3) is 11.1 Å². The standard InChI is InChI=1S/C25H26ClNO5/c1-15-13-18(21-14-19(25(30)31)5-9-22(21)26)6-10-23(15)32-12-11-27-16(2)24(29)17-3-7-20(28)8-4-17/h3-10,13-14,16,24,27-29H,11-12H2,1-2H3,(H,30,31)/t16-,24+/m1/s1. The van der Waals surface area contributed by atoms with Crippen LogP contribution in [-0.4, -0.2) is 40.5 Å². The van der Waals surface area contributed by atoms with Crippen LogP contribution in [0.1, 0.15) is 34.5 Å². The SMILES string of the molecule is Cc1cc(-c2cc(C(=O)O)ccc2Cl)ccc1OCCN[C@H](C)[C@H](O)c1ccc(O)cc1. The van der Waals surface area contributed by atoms with Gasteiger partial charge >= 0.3 is 5.97 Å². The molecule has 3 rings (SSSR count). The topological polar surface area (TPSA) is 99.0 Å². The highest BCUT2D eigenvalue weighted by Crippen LogP contribution is 2.32. The number of hydrogen-bond donors (Lipinski definition) is 4. The highest BCUT2D eigenvalue weighted by atomic mass is 35.5. The summed E-state index contributed by atoms with van der Waals surface area (Å²) in [4.78, 5) is 11.3. The summed E-state index contributed by atoms with van der Waals surface area (Å²) in [6, 6.07) is 16.5. The second-order valence-electron chi connectivity index (χ2n) is 7.61. The van der Waals surface area contributed by atoms with Gasteiger partial charge in [-0.15, -0.1) is 0 Å². The molecule has 0 saturated heterocycles. The molecule has 0 unspecified atom stereocenters. The molecule has 168 valence electrons. The van der Waals surface area contributed by atoms with Crippen LogP contribution in [0.3, 0.4) is 0 Å². The molecular formula is C25H26ClNO5. The van der Waals surface area contributed by atoms with Crippen molar-refractivity contribution in [2.75, 3.05) is 13.2 Å². The third kappa shape index (κ3) is 5.79. The van der Waals surface area contributed by atoms with E-state index in [-0.39, 0.29) is 17.4 Å². The number of halogens is 1. The number of phenolic OH excluding ortho intramolecular Hbond substituents is 1. The van der Waals surface area contributed by atoms with E-state index in [0.717, 1.165) is 16.7 Å². The molecule has 0 heterocycles. The molecule has 4 N–H and O–H groups in total. The van der Waals surface area contributed by atoms with Gasteiger partial charge in [0.05, 0.1) is 11.7 Å². The van der Waals surface area contributed by atoms with Crippen molar-refractivity contribution in [3.05, 3.63) is 82.4 Å². The van der Waals surface area contributed by atoms with Crippen LogP contribution in [0.2, 0.25) is 5.02 Å². The lowest BCUT2D eigenvalue weighted by atomic mass is 10.0. The monoisotopic (exact) mass is 455 g/mol. The fourth-order valence-corrected chi connectivity index (χ4v) is 3.60. The molecule has 7 heteroatoms. The van der Waals surface area contributed by atoms with Crippen molar-refractivity contribution in [1.82, 2.24) is 5.32 Å². The summed E-state index contributed by atoms with van der Waals surface area (Å²) < 4.78 is 5.87. The van der Waals surface area contributed by atoms with Gasteiger partial charge in [-0.05, 0) is 73.0 Å². The molecule has 0 fully saturated rings. The molecule has 0 amide bonds. The summed E-state index contributed by atoms with van der Waals surface area (Å²) in [5.74, 6) is -0.127. The van der Waals surface area contributed by atoms with E-state index in [2.05, 4.69) is 5.32 Å². The van der Waals surface area contributed by atoms with Gasteiger partial charge in [0.2, 0.25) is 0 Å². The molecule has 6 nitrogen and oxygen atoms in total. The Bertz CT molecular complexity index is 1080. The maximum atomic E-state index is 11.3. The van der Waals surface area contributed by atoms with E-state index >= 15 is 0 Å². The summed E-state index contributed by atoms with van der Waals surface area (Å²) in [7, 11) is 0. The fraction of sp³-hybridized carbons (Fsp3) is 0.240. The van der Waals surface area contributed by atoms with Gasteiger partial charge in [-0.25, -0.2) is 4.79 Å². The molecule has 0 aliphatic rings. The Kier molecular flexibility index (Phi) is 7.75. The predicted molar refractivity (Wildman–Crippen MR) is 125 cm³/mol. The maximum absolute atomic E-state index is 11.3. The highest BCUT2D eigenvalue weighted by Gasteiger charge is 2.16. The van der Waals surface area contributed by atoms with Crippen molar-refractivity contribution in [3.63, 3.8) is 0 Å². The molecule has 0 aliphatic heterocycles. The van der Waals surface area contributed by atoms with E-state index in [1.807, 2.05) is 32.0 Å². The van der Waals surface area contributed by atoms with Gasteiger partial charge in [-0.2, -0.15) is 0 Å². The van der Waals surface area contributed by atoms with Crippen LogP contribution in [0, 0.1) is 6.92 Å². The van der Waals surface area contributed by atoms with Crippen molar-refractivity contribution in [3.8, 4) is 22.6 Å². The van der Waals surface area contributed by atoms with Crippen LogP contribution in [-0.2, 0) is 0 Å². The van der Waals surface area contributed by atoms with Gasteiger partial charge in [0.25, 0.3) is 0 Å². The van der Waals surface area contributed by atoms with Crippen LogP contribution < -0.4 is 10.1 Å². The highest BCUT2D eigenvalue weighted by molar-refractivity contribution is 6.33. The van der Waals surface area contributed by atoms with Crippen molar-refractivity contribution < 1.29 is 24.9 Å². The number of phenols is 1. The number of aromatic carboxylic acids is 1. The summed E-state index contributed by atoms with van der Waals surface area (Å²) in [6.07, 6.45) is -0.706. The van der Waals surface area contributed by atoms with Gasteiger partial charge in [0.1, 0.15) is 18.1 Å². The molecule has 3 aromatic carbocycles. The Morgan fingerprint density at radius 2 is 1.81 bits per heavy atom. The number of nitrogens with one attached hydrogen (secondary N) is 1. The summed E-state index contributed by atoms with van der Waals surface area (Å²) in [5.41, 5.74) is 3.26. The first-order valence-electron chi connectivity index (χ1n) is 10.2. The zero-order valence-corrected chi connectivity index (χ0v) is 18.6. The van der Waals surface area contributed by atoms with Crippen LogP contribution in [0.4, 0.5) is 0 Å². The minimum absolute atomic E-state index is 0.160. The Morgan fingerprint density at radius 3 is 2.47 bits per heavy atom. The first-order chi connectivity index (χ1) is 15.3. The number of aryl methyl sites for hydroxylation is 1. The Labute approximate surface area is 192 Å². The zero-order chi connectivity index (χ0) is 23.3. The van der Waals surface area contributed by atoms with E-state index in [1.54, 1.807) is 36.4 Å². The van der Waals surface area contributed by atoms with E-state index < -0.39 is 12.1 Å². The van der Waals surface area contributed by atoms with Crippen molar-refractivity contribution in [1.29, 1.82) is 0 Å². The third-order valence-electron chi connectivity index (χ3n) is 5.23. The molecule has 0 bridgehead atoms. The van der Waals surface area contributed by atoms with E-state index in [1.165, 1.54) is 6.07 Å². The lowest BCUT2D eigenvalue weighted by Crippen LogP contribution is -2.35. The number of hydrogen-bond acceptors (Lipinski definition) is 5. The van der Waals surface area contributed by atoms with Gasteiger partial charge < -0.3 is 25.4 Å². The molecule has 0 spiro atoms. The first-order valence-corrected chi connectivity index (χ1v) is 10.6. The van der Waals surface area contributed by atoms with E-state index in [0.29, 0.717) is 29.5 Å². The molecule has 0 aromatic heterocycles. The number of carbonyl (C=O) groups is 1. The zero-order valence-electron chi connectivity index (χ0n) is 17.9. The second-order valence-corrected chi connectivity index (χ2v) is 8.01. The van der Waals surface area contributed by atoms with Gasteiger partial charge in [0.15, 0.2) is 0 Å². The number of carboxylic acids is 1. The maximum Gasteiger partial charge on any atom is 0.335 e. The minimum atomic E-state index is -1.00. The fourth-order valence-electron chi connectivity index (χ4n) is 3.38. The molecule has 32 heavy (non-hydrogen) atoms. The van der Waals surface area contributed by atoms with Crippen LogP contribution in [0.15, 0.2) is 60.7 Å². The van der Waals surface area contributed by atoms with Crippen molar-refractivity contribution >= 4 is 17.6 Å². The first kappa shape index (κ1) is 23.6. The Balaban J connectivity index is 1.57. The average molecular weight is 456 g/mol. The van der Waals surface area contributed by atoms with Gasteiger partial charge in [-0.3, -0.25) is 0 Å². The number of aliphatic hydroxyl groups is 1. The molecule has 3 aromatic rings. The normalized spacial score (nSPS) is 12.9. The number of carboxylic acid groups (broad SMARTS) is 1.